The van der Waals surface area contributed by atoms with E-state index in [1.54, 1.807) is 0 Å². The Balaban J connectivity index is 1.67. The second-order valence-corrected chi connectivity index (χ2v) is 8.08. The Morgan fingerprint density at radius 1 is 0.741 bits per heavy atom. The molecular weight excluding hydrogens is 340 g/mol. The Bertz CT molecular complexity index is 298. The molecule has 0 radical (unpaired) electrons. The van der Waals surface area contributed by atoms with Gasteiger partial charge >= 0.3 is 0 Å². The first-order valence-electron chi connectivity index (χ1n) is 11.8. The zero-order chi connectivity index (χ0) is 19.4. The fourth-order valence-electron chi connectivity index (χ4n) is 3.62. The minimum atomic E-state index is -0.289. The largest absolute Gasteiger partial charge is 0.394 e. The highest BCUT2D eigenvalue weighted by Crippen LogP contribution is 2.14. The number of ether oxygens (including phenoxy) is 3. The van der Waals surface area contributed by atoms with Gasteiger partial charge in [0.2, 0.25) is 0 Å². The number of hydrogen-bond donors (Lipinski definition) is 1. The maximum Gasteiger partial charge on any atom is 0.181 e. The topological polar surface area (TPSA) is 47.9 Å². The average Bonchev–Trinajstić information content (AvgIpc) is 3.15. The van der Waals surface area contributed by atoms with Crippen molar-refractivity contribution in [1.29, 1.82) is 0 Å². The molecule has 4 nitrogen and oxygen atoms in total. The zero-order valence-corrected chi connectivity index (χ0v) is 18.0. The molecule has 27 heavy (non-hydrogen) atoms. The first-order chi connectivity index (χ1) is 13.4. The van der Waals surface area contributed by atoms with Crippen molar-refractivity contribution >= 4 is 0 Å². The van der Waals surface area contributed by atoms with Gasteiger partial charge < -0.3 is 19.3 Å². The van der Waals surface area contributed by atoms with Crippen molar-refractivity contribution in [2.75, 3.05) is 26.4 Å². The van der Waals surface area contributed by atoms with E-state index >= 15 is 0 Å². The van der Waals surface area contributed by atoms with Crippen LogP contribution in [0.4, 0.5) is 0 Å². The van der Waals surface area contributed by atoms with Gasteiger partial charge in [-0.2, -0.15) is 0 Å². The van der Waals surface area contributed by atoms with E-state index in [2.05, 4.69) is 6.92 Å². The van der Waals surface area contributed by atoms with E-state index in [4.69, 9.17) is 19.3 Å². The first-order valence-corrected chi connectivity index (χ1v) is 11.8. The summed E-state index contributed by atoms with van der Waals surface area (Å²) in [5.41, 5.74) is 0. The molecule has 1 fully saturated rings. The van der Waals surface area contributed by atoms with E-state index in [0.717, 1.165) is 13.0 Å². The fraction of sp³-hybridized carbons (Fsp3) is 1.00. The van der Waals surface area contributed by atoms with Crippen molar-refractivity contribution in [2.45, 2.75) is 122 Å². The highest BCUT2D eigenvalue weighted by Gasteiger charge is 2.25. The van der Waals surface area contributed by atoms with E-state index in [1.807, 2.05) is 0 Å². The normalized spacial score (nSPS) is 19.8. The Kier molecular flexibility index (Phi) is 17.7. The Morgan fingerprint density at radius 2 is 1.22 bits per heavy atom. The molecule has 1 heterocycles. The molecule has 0 aromatic heterocycles. The van der Waals surface area contributed by atoms with Gasteiger partial charge in [0.1, 0.15) is 6.10 Å². The van der Waals surface area contributed by atoms with E-state index < -0.39 is 0 Å². The van der Waals surface area contributed by atoms with Crippen LogP contribution in [-0.2, 0) is 14.2 Å². The maximum atomic E-state index is 8.97. The molecule has 1 rings (SSSR count). The third-order valence-electron chi connectivity index (χ3n) is 5.41. The van der Waals surface area contributed by atoms with Crippen LogP contribution in [0.1, 0.15) is 110 Å². The van der Waals surface area contributed by atoms with Crippen LogP contribution in [0.25, 0.3) is 0 Å². The van der Waals surface area contributed by atoms with Crippen LogP contribution in [0.2, 0.25) is 0 Å². The molecule has 2 unspecified atom stereocenters. The Morgan fingerprint density at radius 3 is 1.67 bits per heavy atom. The van der Waals surface area contributed by atoms with E-state index in [-0.39, 0.29) is 19.0 Å². The average molecular weight is 387 g/mol. The van der Waals surface area contributed by atoms with Crippen LogP contribution < -0.4 is 0 Å². The summed E-state index contributed by atoms with van der Waals surface area (Å²) in [7, 11) is 0. The summed E-state index contributed by atoms with van der Waals surface area (Å²) in [6.45, 7) is 4.05. The van der Waals surface area contributed by atoms with Gasteiger partial charge in [0.05, 0.1) is 19.8 Å². The molecule has 1 saturated heterocycles. The van der Waals surface area contributed by atoms with Crippen LogP contribution >= 0.6 is 0 Å². The minimum absolute atomic E-state index is 0.0234. The van der Waals surface area contributed by atoms with Crippen LogP contribution in [-0.4, -0.2) is 43.9 Å². The van der Waals surface area contributed by atoms with Gasteiger partial charge in [-0.3, -0.25) is 0 Å². The predicted octanol–water partition coefficient (Wildman–Crippen LogP) is 6.00. The molecular formula is C23H46O4. The summed E-state index contributed by atoms with van der Waals surface area (Å²) >= 11 is 0. The van der Waals surface area contributed by atoms with E-state index in [9.17, 15) is 0 Å². The summed E-state index contributed by atoms with van der Waals surface area (Å²) in [5.74, 6) is 0. The van der Waals surface area contributed by atoms with Crippen molar-refractivity contribution in [1.82, 2.24) is 0 Å². The molecule has 0 aromatic rings. The summed E-state index contributed by atoms with van der Waals surface area (Å²) in [6.07, 6.45) is 21.7. The molecule has 0 aromatic carbocycles. The van der Waals surface area contributed by atoms with Gasteiger partial charge in [0.25, 0.3) is 0 Å². The third-order valence-corrected chi connectivity index (χ3v) is 5.41. The van der Waals surface area contributed by atoms with Crippen LogP contribution in [0, 0.1) is 0 Å². The lowest BCUT2D eigenvalue weighted by molar-refractivity contribution is -0.109. The third kappa shape index (κ3) is 15.4. The number of hydrogen-bond acceptors (Lipinski definition) is 4. The monoisotopic (exact) mass is 386 g/mol. The standard InChI is InChI=1S/C23H46O4/c1-2-3-4-5-6-7-8-9-10-11-12-13-14-15-16-17-18-25-21-23-26-20-22(19-24)27-23/h22-24H,2-21H2,1H3. The molecule has 1 N–H and O–H groups in total. The van der Waals surface area contributed by atoms with Crippen molar-refractivity contribution in [3.05, 3.63) is 0 Å². The Hall–Kier alpha value is -0.160. The molecule has 0 saturated carbocycles. The van der Waals surface area contributed by atoms with Gasteiger partial charge in [-0.15, -0.1) is 0 Å². The number of unbranched alkanes of at least 4 members (excludes halogenated alkanes) is 15. The van der Waals surface area contributed by atoms with Crippen molar-refractivity contribution in [3.8, 4) is 0 Å². The van der Waals surface area contributed by atoms with Gasteiger partial charge in [-0.05, 0) is 6.42 Å². The zero-order valence-electron chi connectivity index (χ0n) is 18.0. The van der Waals surface area contributed by atoms with Gasteiger partial charge in [-0.25, -0.2) is 0 Å². The first kappa shape index (κ1) is 24.9. The molecule has 1 aliphatic heterocycles. The quantitative estimate of drug-likeness (QED) is 0.261. The van der Waals surface area contributed by atoms with Crippen molar-refractivity contribution < 1.29 is 19.3 Å². The van der Waals surface area contributed by atoms with Gasteiger partial charge in [0, 0.05) is 6.61 Å². The lowest BCUT2D eigenvalue weighted by Crippen LogP contribution is -2.20. The summed E-state index contributed by atoms with van der Waals surface area (Å²) < 4.78 is 16.4. The summed E-state index contributed by atoms with van der Waals surface area (Å²) in [4.78, 5) is 0. The van der Waals surface area contributed by atoms with E-state index in [1.165, 1.54) is 96.3 Å². The van der Waals surface area contributed by atoms with Crippen molar-refractivity contribution in [2.24, 2.45) is 0 Å². The number of aliphatic hydroxyl groups excluding tert-OH is 1. The maximum absolute atomic E-state index is 8.97. The minimum Gasteiger partial charge on any atom is -0.394 e. The molecule has 2 atom stereocenters. The van der Waals surface area contributed by atoms with Gasteiger partial charge in [0.15, 0.2) is 6.29 Å². The fourth-order valence-corrected chi connectivity index (χ4v) is 3.62. The summed E-state index contributed by atoms with van der Waals surface area (Å²) in [5, 5.41) is 8.97. The van der Waals surface area contributed by atoms with Gasteiger partial charge in [-0.1, -0.05) is 103 Å². The van der Waals surface area contributed by atoms with Crippen LogP contribution in [0.3, 0.4) is 0 Å². The number of aliphatic hydroxyl groups is 1. The molecule has 4 heteroatoms. The lowest BCUT2D eigenvalue weighted by atomic mass is 10.0. The summed E-state index contributed by atoms with van der Waals surface area (Å²) in [6, 6.07) is 0. The second-order valence-electron chi connectivity index (χ2n) is 8.08. The molecule has 0 spiro atoms. The van der Waals surface area contributed by atoms with Crippen LogP contribution in [0.5, 0.6) is 0 Å². The highest BCUT2D eigenvalue weighted by atomic mass is 16.7. The van der Waals surface area contributed by atoms with Crippen molar-refractivity contribution in [3.63, 3.8) is 0 Å². The SMILES string of the molecule is CCCCCCCCCCCCCCCCCCOCC1OCC(CO)O1. The lowest BCUT2D eigenvalue weighted by Gasteiger charge is -2.10. The Labute approximate surface area is 168 Å². The van der Waals surface area contributed by atoms with E-state index in [0.29, 0.717) is 13.2 Å². The second kappa shape index (κ2) is 19.2. The predicted molar refractivity (Wildman–Crippen MR) is 112 cm³/mol. The number of rotatable bonds is 20. The molecule has 0 bridgehead atoms. The van der Waals surface area contributed by atoms with Crippen LogP contribution in [0.15, 0.2) is 0 Å². The highest BCUT2D eigenvalue weighted by molar-refractivity contribution is 4.63. The smallest absolute Gasteiger partial charge is 0.181 e. The molecule has 162 valence electrons. The molecule has 0 amide bonds. The molecule has 0 aliphatic carbocycles. The molecule has 1 aliphatic rings.